The van der Waals surface area contributed by atoms with Gasteiger partial charge < -0.3 is 19.3 Å². The predicted molar refractivity (Wildman–Crippen MR) is 113 cm³/mol. The number of hydrogen-bond donors (Lipinski definition) is 1. The second-order valence-corrected chi connectivity index (χ2v) is 6.86. The van der Waals surface area contributed by atoms with Crippen molar-refractivity contribution in [2.24, 2.45) is 0 Å². The molecule has 5 heteroatoms. The van der Waals surface area contributed by atoms with Crippen LogP contribution in [0.3, 0.4) is 0 Å². The van der Waals surface area contributed by atoms with Gasteiger partial charge >= 0.3 is 5.97 Å². The molecule has 154 valence electrons. The van der Waals surface area contributed by atoms with E-state index in [0.717, 1.165) is 22.3 Å². The molecule has 0 saturated carbocycles. The van der Waals surface area contributed by atoms with E-state index in [1.54, 1.807) is 6.08 Å². The highest BCUT2D eigenvalue weighted by Crippen LogP contribution is 2.32. The van der Waals surface area contributed by atoms with Crippen molar-refractivity contribution in [3.8, 4) is 12.3 Å². The third-order valence-electron chi connectivity index (χ3n) is 4.74. The fourth-order valence-corrected chi connectivity index (χ4v) is 3.10. The van der Waals surface area contributed by atoms with Crippen molar-refractivity contribution in [1.29, 1.82) is 0 Å². The maximum atomic E-state index is 12.4. The van der Waals surface area contributed by atoms with Crippen LogP contribution in [0.2, 0.25) is 0 Å². The molecule has 0 bridgehead atoms. The van der Waals surface area contributed by atoms with Gasteiger partial charge in [0.15, 0.2) is 0 Å². The van der Waals surface area contributed by atoms with Crippen molar-refractivity contribution in [1.82, 2.24) is 0 Å². The standard InChI is InChI=1S/C25H24O5/c1-3-13-28-25(27)23-14-22(21-11-9-18(4-2)10-12-21)15-24(30-23)29-17-20-7-5-19(16-26)6-8-20/h2-3,5-12,14,22,24,26H,1,13,15-17H2/t22-,24+/m0/s1. The number of benzene rings is 2. The fourth-order valence-electron chi connectivity index (χ4n) is 3.10. The van der Waals surface area contributed by atoms with E-state index in [-0.39, 0.29) is 24.9 Å². The molecule has 0 aliphatic carbocycles. The Kier molecular flexibility index (Phi) is 7.45. The summed E-state index contributed by atoms with van der Waals surface area (Å²) in [6.07, 6.45) is 8.62. The Balaban J connectivity index is 1.74. The number of hydrogen-bond acceptors (Lipinski definition) is 5. The monoisotopic (exact) mass is 404 g/mol. The van der Waals surface area contributed by atoms with Crippen LogP contribution in [0.1, 0.15) is 34.6 Å². The molecule has 2 atom stereocenters. The predicted octanol–water partition coefficient (Wildman–Crippen LogP) is 3.82. The van der Waals surface area contributed by atoms with E-state index in [0.29, 0.717) is 13.0 Å². The van der Waals surface area contributed by atoms with Gasteiger partial charge in [-0.1, -0.05) is 55.0 Å². The minimum Gasteiger partial charge on any atom is -0.458 e. The number of terminal acetylenes is 1. The molecule has 0 radical (unpaired) electrons. The molecule has 1 N–H and O–H groups in total. The molecule has 5 nitrogen and oxygen atoms in total. The Morgan fingerprint density at radius 1 is 1.20 bits per heavy atom. The molecule has 30 heavy (non-hydrogen) atoms. The highest BCUT2D eigenvalue weighted by molar-refractivity contribution is 5.86. The molecule has 1 aliphatic rings. The SMILES string of the molecule is C#Cc1ccc([C@H]2C=C(C(=O)OCC=C)O[C@@H](OCc3ccc(CO)cc3)C2)cc1. The Labute approximate surface area is 176 Å². The van der Waals surface area contributed by atoms with Gasteiger partial charge in [0, 0.05) is 17.9 Å². The average molecular weight is 404 g/mol. The number of carbonyl (C=O) groups is 1. The van der Waals surface area contributed by atoms with Crippen molar-refractivity contribution in [2.75, 3.05) is 6.61 Å². The average Bonchev–Trinajstić information content (AvgIpc) is 2.81. The van der Waals surface area contributed by atoms with Crippen LogP contribution in [-0.2, 0) is 32.2 Å². The molecule has 0 saturated heterocycles. The smallest absolute Gasteiger partial charge is 0.373 e. The van der Waals surface area contributed by atoms with E-state index in [4.69, 9.17) is 25.7 Å². The third kappa shape index (κ3) is 5.60. The lowest BCUT2D eigenvalue weighted by atomic mass is 9.92. The van der Waals surface area contributed by atoms with E-state index in [1.165, 1.54) is 6.08 Å². The number of esters is 1. The van der Waals surface area contributed by atoms with E-state index < -0.39 is 12.3 Å². The summed E-state index contributed by atoms with van der Waals surface area (Å²) in [5.74, 6) is 2.08. The topological polar surface area (TPSA) is 65.0 Å². The normalized spacial score (nSPS) is 17.9. The summed E-state index contributed by atoms with van der Waals surface area (Å²) >= 11 is 0. The molecule has 0 spiro atoms. The summed E-state index contributed by atoms with van der Waals surface area (Å²) in [6.45, 7) is 3.96. The van der Waals surface area contributed by atoms with E-state index in [2.05, 4.69) is 12.5 Å². The summed E-state index contributed by atoms with van der Waals surface area (Å²) in [5, 5.41) is 9.16. The lowest BCUT2D eigenvalue weighted by Crippen LogP contribution is -2.27. The summed E-state index contributed by atoms with van der Waals surface area (Å²) in [5.41, 5.74) is 3.57. The second kappa shape index (κ2) is 10.4. The Hall–Kier alpha value is -3.33. The first-order valence-electron chi connectivity index (χ1n) is 9.66. The Morgan fingerprint density at radius 2 is 1.90 bits per heavy atom. The van der Waals surface area contributed by atoms with Gasteiger partial charge in [0.2, 0.25) is 12.0 Å². The summed E-state index contributed by atoms with van der Waals surface area (Å²) in [7, 11) is 0. The highest BCUT2D eigenvalue weighted by atomic mass is 16.7. The van der Waals surface area contributed by atoms with Crippen LogP contribution in [-0.4, -0.2) is 24.0 Å². The largest absolute Gasteiger partial charge is 0.458 e. The Morgan fingerprint density at radius 3 is 2.53 bits per heavy atom. The highest BCUT2D eigenvalue weighted by Gasteiger charge is 2.29. The van der Waals surface area contributed by atoms with Gasteiger partial charge in [-0.25, -0.2) is 4.79 Å². The van der Waals surface area contributed by atoms with Crippen molar-refractivity contribution in [2.45, 2.75) is 31.8 Å². The van der Waals surface area contributed by atoms with Crippen molar-refractivity contribution >= 4 is 5.97 Å². The fraction of sp³-hybridized carbons (Fsp3) is 0.240. The minimum atomic E-state index is -0.615. The lowest BCUT2D eigenvalue weighted by Gasteiger charge is -2.29. The van der Waals surface area contributed by atoms with Crippen LogP contribution in [0.4, 0.5) is 0 Å². The molecule has 0 amide bonds. The first-order chi connectivity index (χ1) is 14.6. The van der Waals surface area contributed by atoms with Crippen LogP contribution in [0, 0.1) is 12.3 Å². The number of carbonyl (C=O) groups excluding carboxylic acids is 1. The number of aliphatic hydroxyl groups is 1. The van der Waals surface area contributed by atoms with Crippen molar-refractivity contribution in [3.05, 3.63) is 95.3 Å². The zero-order valence-electron chi connectivity index (χ0n) is 16.6. The molecule has 2 aromatic rings. The first kappa shape index (κ1) is 21.4. The number of allylic oxidation sites excluding steroid dienone is 1. The summed E-state index contributed by atoms with van der Waals surface area (Å²) < 4.78 is 16.8. The maximum Gasteiger partial charge on any atom is 0.373 e. The van der Waals surface area contributed by atoms with Gasteiger partial charge in [-0.2, -0.15) is 0 Å². The molecular formula is C25H24O5. The van der Waals surface area contributed by atoms with Crippen LogP contribution in [0.25, 0.3) is 0 Å². The molecular weight excluding hydrogens is 380 g/mol. The first-order valence-corrected chi connectivity index (χ1v) is 9.66. The summed E-state index contributed by atoms with van der Waals surface area (Å²) in [4.78, 5) is 12.4. The van der Waals surface area contributed by atoms with Crippen LogP contribution in [0.5, 0.6) is 0 Å². The van der Waals surface area contributed by atoms with Gasteiger partial charge in [0.1, 0.15) is 6.61 Å². The summed E-state index contributed by atoms with van der Waals surface area (Å²) in [6, 6.07) is 15.1. The maximum absolute atomic E-state index is 12.4. The van der Waals surface area contributed by atoms with Crippen LogP contribution >= 0.6 is 0 Å². The molecule has 1 heterocycles. The Bertz CT molecular complexity index is 935. The van der Waals surface area contributed by atoms with E-state index >= 15 is 0 Å². The van der Waals surface area contributed by atoms with Gasteiger partial charge in [-0.3, -0.25) is 0 Å². The number of ether oxygens (including phenoxy) is 3. The third-order valence-corrected chi connectivity index (χ3v) is 4.74. The van der Waals surface area contributed by atoms with E-state index in [1.807, 2.05) is 48.5 Å². The van der Waals surface area contributed by atoms with Crippen LogP contribution < -0.4 is 0 Å². The van der Waals surface area contributed by atoms with Gasteiger partial charge in [0.05, 0.1) is 13.2 Å². The van der Waals surface area contributed by atoms with Crippen molar-refractivity contribution < 1.29 is 24.1 Å². The zero-order valence-corrected chi connectivity index (χ0v) is 16.6. The molecule has 1 aliphatic heterocycles. The van der Waals surface area contributed by atoms with E-state index in [9.17, 15) is 4.79 Å². The van der Waals surface area contributed by atoms with Gasteiger partial charge in [-0.05, 0) is 34.9 Å². The van der Waals surface area contributed by atoms with Gasteiger partial charge in [-0.15, -0.1) is 6.42 Å². The zero-order chi connectivity index (χ0) is 21.3. The molecule has 0 unspecified atom stereocenters. The molecule has 0 fully saturated rings. The molecule has 0 aromatic heterocycles. The quantitative estimate of drug-likeness (QED) is 0.412. The second-order valence-electron chi connectivity index (χ2n) is 6.86. The lowest BCUT2D eigenvalue weighted by molar-refractivity contribution is -0.163. The number of aliphatic hydroxyl groups excluding tert-OH is 1. The molecule has 3 rings (SSSR count). The van der Waals surface area contributed by atoms with Crippen LogP contribution in [0.15, 0.2) is 73.0 Å². The van der Waals surface area contributed by atoms with Gasteiger partial charge in [0.25, 0.3) is 0 Å². The van der Waals surface area contributed by atoms with Crippen molar-refractivity contribution in [3.63, 3.8) is 0 Å². The molecule has 2 aromatic carbocycles. The minimum absolute atomic E-state index is 0.00596. The number of rotatable bonds is 8.